The van der Waals surface area contributed by atoms with Gasteiger partial charge in [-0.25, -0.2) is 9.97 Å². The average molecular weight is 287 g/mol. The molecule has 0 spiro atoms. The van der Waals surface area contributed by atoms with E-state index in [1.54, 1.807) is 30.6 Å². The molecule has 110 valence electrons. The second-order valence-corrected chi connectivity index (χ2v) is 4.18. The molecule has 2 aromatic rings. The summed E-state index contributed by atoms with van der Waals surface area (Å²) in [4.78, 5) is 20.2. The van der Waals surface area contributed by atoms with Gasteiger partial charge in [-0.2, -0.15) is 0 Å². The summed E-state index contributed by atoms with van der Waals surface area (Å²) in [5, 5.41) is 2.82. The van der Waals surface area contributed by atoms with Crippen molar-refractivity contribution in [2.45, 2.75) is 13.5 Å². The van der Waals surface area contributed by atoms with Crippen LogP contribution in [0.1, 0.15) is 22.8 Å². The van der Waals surface area contributed by atoms with Crippen molar-refractivity contribution in [3.05, 3.63) is 47.8 Å². The van der Waals surface area contributed by atoms with E-state index in [2.05, 4.69) is 15.3 Å². The standard InChI is InChI=1S/C15H17N3O3/c1-3-21-13-9-11(6-8-16-13)10-18-14(19)12-5-4-7-17-15(12)20-2/h4-9H,3,10H2,1-2H3,(H,18,19). The van der Waals surface area contributed by atoms with E-state index >= 15 is 0 Å². The van der Waals surface area contributed by atoms with Gasteiger partial charge in [-0.1, -0.05) is 0 Å². The molecule has 0 saturated heterocycles. The first-order chi connectivity index (χ1) is 10.2. The van der Waals surface area contributed by atoms with Gasteiger partial charge in [0.05, 0.1) is 13.7 Å². The van der Waals surface area contributed by atoms with Crippen LogP contribution in [-0.4, -0.2) is 29.6 Å². The van der Waals surface area contributed by atoms with Crippen LogP contribution in [0.25, 0.3) is 0 Å². The van der Waals surface area contributed by atoms with Gasteiger partial charge in [0.15, 0.2) is 0 Å². The number of methoxy groups -OCH3 is 1. The number of pyridine rings is 2. The lowest BCUT2D eigenvalue weighted by Crippen LogP contribution is -2.23. The Kier molecular flexibility index (Phi) is 5.09. The van der Waals surface area contributed by atoms with Crippen LogP contribution in [0.2, 0.25) is 0 Å². The van der Waals surface area contributed by atoms with E-state index < -0.39 is 0 Å². The summed E-state index contributed by atoms with van der Waals surface area (Å²) in [5.74, 6) is 0.609. The van der Waals surface area contributed by atoms with Crippen molar-refractivity contribution in [2.24, 2.45) is 0 Å². The fraction of sp³-hybridized carbons (Fsp3) is 0.267. The van der Waals surface area contributed by atoms with Crippen molar-refractivity contribution in [3.63, 3.8) is 0 Å². The lowest BCUT2D eigenvalue weighted by molar-refractivity contribution is 0.0947. The van der Waals surface area contributed by atoms with E-state index in [0.29, 0.717) is 30.5 Å². The Morgan fingerprint density at radius 2 is 2.14 bits per heavy atom. The number of ether oxygens (including phenoxy) is 2. The number of hydrogen-bond donors (Lipinski definition) is 1. The van der Waals surface area contributed by atoms with Crippen LogP contribution in [0.3, 0.4) is 0 Å². The molecule has 0 bridgehead atoms. The molecule has 2 aromatic heterocycles. The van der Waals surface area contributed by atoms with Crippen molar-refractivity contribution in [3.8, 4) is 11.8 Å². The van der Waals surface area contributed by atoms with Crippen LogP contribution in [0, 0.1) is 0 Å². The van der Waals surface area contributed by atoms with Crippen molar-refractivity contribution < 1.29 is 14.3 Å². The molecule has 0 radical (unpaired) electrons. The molecular formula is C15H17N3O3. The van der Waals surface area contributed by atoms with Gasteiger partial charge in [0.25, 0.3) is 5.91 Å². The van der Waals surface area contributed by atoms with Crippen LogP contribution in [0.5, 0.6) is 11.8 Å². The van der Waals surface area contributed by atoms with Crippen LogP contribution in [0.4, 0.5) is 0 Å². The number of rotatable bonds is 6. The zero-order valence-corrected chi connectivity index (χ0v) is 12.0. The molecule has 21 heavy (non-hydrogen) atoms. The first-order valence-electron chi connectivity index (χ1n) is 6.59. The molecule has 0 unspecified atom stereocenters. The minimum atomic E-state index is -0.241. The highest BCUT2D eigenvalue weighted by molar-refractivity contribution is 5.96. The molecule has 2 heterocycles. The molecule has 2 rings (SSSR count). The Hall–Kier alpha value is -2.63. The van der Waals surface area contributed by atoms with E-state index in [0.717, 1.165) is 5.56 Å². The number of nitrogens with one attached hydrogen (secondary N) is 1. The SMILES string of the molecule is CCOc1cc(CNC(=O)c2cccnc2OC)ccn1. The maximum atomic E-state index is 12.1. The highest BCUT2D eigenvalue weighted by Gasteiger charge is 2.12. The van der Waals surface area contributed by atoms with Crippen molar-refractivity contribution in [2.75, 3.05) is 13.7 Å². The van der Waals surface area contributed by atoms with Gasteiger partial charge in [-0.3, -0.25) is 4.79 Å². The molecular weight excluding hydrogens is 270 g/mol. The lowest BCUT2D eigenvalue weighted by atomic mass is 10.2. The predicted molar refractivity (Wildman–Crippen MR) is 77.4 cm³/mol. The van der Waals surface area contributed by atoms with Gasteiger partial charge in [-0.05, 0) is 30.7 Å². The third-order valence-electron chi connectivity index (χ3n) is 2.75. The minimum Gasteiger partial charge on any atom is -0.480 e. The van der Waals surface area contributed by atoms with Crippen LogP contribution in [-0.2, 0) is 6.54 Å². The van der Waals surface area contributed by atoms with Gasteiger partial charge in [0, 0.05) is 25.0 Å². The van der Waals surface area contributed by atoms with Crippen LogP contribution in [0.15, 0.2) is 36.7 Å². The van der Waals surface area contributed by atoms with E-state index in [4.69, 9.17) is 9.47 Å². The van der Waals surface area contributed by atoms with Crippen molar-refractivity contribution >= 4 is 5.91 Å². The fourth-order valence-electron chi connectivity index (χ4n) is 1.79. The molecule has 0 aliphatic heterocycles. The van der Waals surface area contributed by atoms with Gasteiger partial charge in [-0.15, -0.1) is 0 Å². The largest absolute Gasteiger partial charge is 0.480 e. The van der Waals surface area contributed by atoms with Crippen molar-refractivity contribution in [1.29, 1.82) is 0 Å². The predicted octanol–water partition coefficient (Wildman–Crippen LogP) is 1.81. The van der Waals surface area contributed by atoms with Crippen LogP contribution >= 0.6 is 0 Å². The molecule has 0 saturated carbocycles. The maximum Gasteiger partial charge on any atom is 0.257 e. The average Bonchev–Trinajstić information content (AvgIpc) is 2.53. The van der Waals surface area contributed by atoms with Crippen molar-refractivity contribution in [1.82, 2.24) is 15.3 Å². The zero-order chi connectivity index (χ0) is 15.1. The summed E-state index contributed by atoms with van der Waals surface area (Å²) in [6.07, 6.45) is 3.23. The van der Waals surface area contributed by atoms with E-state index in [1.165, 1.54) is 7.11 Å². The van der Waals surface area contributed by atoms with Gasteiger partial charge in [0.2, 0.25) is 11.8 Å². The fourth-order valence-corrected chi connectivity index (χ4v) is 1.79. The smallest absolute Gasteiger partial charge is 0.257 e. The third-order valence-corrected chi connectivity index (χ3v) is 2.75. The molecule has 6 nitrogen and oxygen atoms in total. The number of aromatic nitrogens is 2. The normalized spacial score (nSPS) is 10.0. The van der Waals surface area contributed by atoms with E-state index in [-0.39, 0.29) is 5.91 Å². The summed E-state index contributed by atoms with van der Waals surface area (Å²) in [7, 11) is 1.48. The number of carbonyl (C=O) groups excluding carboxylic acids is 1. The maximum absolute atomic E-state index is 12.1. The Labute approximate surface area is 123 Å². The molecule has 6 heteroatoms. The molecule has 0 aromatic carbocycles. The van der Waals surface area contributed by atoms with Crippen LogP contribution < -0.4 is 14.8 Å². The van der Waals surface area contributed by atoms with Gasteiger partial charge in [0.1, 0.15) is 5.56 Å². The highest BCUT2D eigenvalue weighted by Crippen LogP contribution is 2.14. The van der Waals surface area contributed by atoms with E-state index in [1.807, 2.05) is 13.0 Å². The summed E-state index contributed by atoms with van der Waals surface area (Å²) < 4.78 is 10.4. The van der Waals surface area contributed by atoms with E-state index in [9.17, 15) is 4.79 Å². The number of hydrogen-bond acceptors (Lipinski definition) is 5. The molecule has 0 fully saturated rings. The Morgan fingerprint density at radius 1 is 1.29 bits per heavy atom. The van der Waals surface area contributed by atoms with Gasteiger partial charge >= 0.3 is 0 Å². The lowest BCUT2D eigenvalue weighted by Gasteiger charge is -2.09. The molecule has 1 amide bonds. The van der Waals surface area contributed by atoms with Gasteiger partial charge < -0.3 is 14.8 Å². The number of carbonyl (C=O) groups is 1. The summed E-state index contributed by atoms with van der Waals surface area (Å²) in [6.45, 7) is 2.82. The Morgan fingerprint density at radius 3 is 2.90 bits per heavy atom. The number of nitrogens with zero attached hydrogens (tertiary/aromatic N) is 2. The molecule has 0 atom stereocenters. The Balaban J connectivity index is 2.02. The molecule has 1 N–H and O–H groups in total. The highest BCUT2D eigenvalue weighted by atomic mass is 16.5. The topological polar surface area (TPSA) is 73.3 Å². The third kappa shape index (κ3) is 3.92. The second kappa shape index (κ2) is 7.23. The Bertz CT molecular complexity index is 617. The summed E-state index contributed by atoms with van der Waals surface area (Å²) >= 11 is 0. The first kappa shape index (κ1) is 14.8. The number of amides is 1. The molecule has 0 aliphatic rings. The first-order valence-corrected chi connectivity index (χ1v) is 6.59. The quantitative estimate of drug-likeness (QED) is 0.877. The summed E-state index contributed by atoms with van der Waals surface area (Å²) in [5.41, 5.74) is 1.31. The monoisotopic (exact) mass is 287 g/mol. The zero-order valence-electron chi connectivity index (χ0n) is 12.0. The minimum absolute atomic E-state index is 0.241. The summed E-state index contributed by atoms with van der Waals surface area (Å²) in [6, 6.07) is 6.98. The molecule has 0 aliphatic carbocycles. The second-order valence-electron chi connectivity index (χ2n) is 4.18.